The van der Waals surface area contributed by atoms with Crippen LogP contribution in [0, 0.1) is 11.8 Å². The summed E-state index contributed by atoms with van der Waals surface area (Å²) in [5.41, 5.74) is 6.37. The van der Waals surface area contributed by atoms with Crippen molar-refractivity contribution in [1.29, 1.82) is 0 Å². The molecule has 1 aliphatic heterocycles. The van der Waals surface area contributed by atoms with E-state index in [2.05, 4.69) is 22.8 Å². The highest BCUT2D eigenvalue weighted by atomic mass is 32.1. The Morgan fingerprint density at radius 3 is 3.28 bits per heavy atom. The normalized spacial score (nSPS) is 20.4. The number of morpholine rings is 1. The number of nitrogens with zero attached hydrogens (tertiary/aromatic N) is 1. The standard InChI is InChI=1S/C13H18N2O2S/c14-3-1-2-11-6-13(18-10-11)7-15-4-5-17-9-12(15)8-16/h6,10,12,16H,3-5,7-9,14H2. The highest BCUT2D eigenvalue weighted by molar-refractivity contribution is 7.10. The first-order chi connectivity index (χ1) is 8.83. The van der Waals surface area contributed by atoms with Crippen LogP contribution in [-0.4, -0.2) is 49.0 Å². The van der Waals surface area contributed by atoms with E-state index in [9.17, 15) is 5.11 Å². The Kier molecular flexibility index (Phi) is 5.17. The molecular formula is C13H18N2O2S. The minimum atomic E-state index is 0.111. The SMILES string of the molecule is NCC#Cc1csc(CN2CCOCC2CO)c1. The summed E-state index contributed by atoms with van der Waals surface area (Å²) in [5.74, 6) is 5.88. The first kappa shape index (κ1) is 13.5. The van der Waals surface area contributed by atoms with E-state index in [4.69, 9.17) is 10.5 Å². The Morgan fingerprint density at radius 2 is 2.50 bits per heavy atom. The third kappa shape index (κ3) is 3.55. The predicted octanol–water partition coefficient (Wildman–Crippen LogP) is 0.251. The van der Waals surface area contributed by atoms with Crippen LogP contribution in [-0.2, 0) is 11.3 Å². The molecule has 0 aromatic carbocycles. The van der Waals surface area contributed by atoms with Crippen LogP contribution in [0.2, 0.25) is 0 Å². The van der Waals surface area contributed by atoms with Crippen molar-refractivity contribution < 1.29 is 9.84 Å². The van der Waals surface area contributed by atoms with E-state index in [1.807, 2.05) is 5.38 Å². The lowest BCUT2D eigenvalue weighted by Gasteiger charge is -2.33. The van der Waals surface area contributed by atoms with Crippen molar-refractivity contribution in [3.63, 3.8) is 0 Å². The van der Waals surface area contributed by atoms with Crippen molar-refractivity contribution >= 4 is 11.3 Å². The van der Waals surface area contributed by atoms with Gasteiger partial charge in [-0.15, -0.1) is 11.3 Å². The van der Waals surface area contributed by atoms with E-state index in [-0.39, 0.29) is 12.6 Å². The minimum absolute atomic E-state index is 0.111. The Morgan fingerprint density at radius 1 is 1.61 bits per heavy atom. The molecule has 18 heavy (non-hydrogen) atoms. The molecule has 0 aliphatic carbocycles. The summed E-state index contributed by atoms with van der Waals surface area (Å²) in [7, 11) is 0. The third-order valence-corrected chi connectivity index (χ3v) is 3.83. The Balaban J connectivity index is 1.97. The lowest BCUT2D eigenvalue weighted by atomic mass is 10.2. The van der Waals surface area contributed by atoms with E-state index < -0.39 is 0 Å². The molecule has 1 aliphatic rings. The molecule has 98 valence electrons. The van der Waals surface area contributed by atoms with Gasteiger partial charge < -0.3 is 15.6 Å². The number of thiophene rings is 1. The van der Waals surface area contributed by atoms with Gasteiger partial charge in [-0.25, -0.2) is 0 Å². The lowest BCUT2D eigenvalue weighted by Crippen LogP contribution is -2.46. The van der Waals surface area contributed by atoms with Gasteiger partial charge >= 0.3 is 0 Å². The lowest BCUT2D eigenvalue weighted by molar-refractivity contribution is -0.0308. The highest BCUT2D eigenvalue weighted by Crippen LogP contribution is 2.18. The summed E-state index contributed by atoms with van der Waals surface area (Å²) in [6.07, 6.45) is 0. The van der Waals surface area contributed by atoms with Gasteiger partial charge in [-0.2, -0.15) is 0 Å². The maximum atomic E-state index is 9.31. The number of ether oxygens (including phenoxy) is 1. The summed E-state index contributed by atoms with van der Waals surface area (Å²) in [5, 5.41) is 11.4. The summed E-state index contributed by atoms with van der Waals surface area (Å²) in [6, 6.07) is 2.21. The average Bonchev–Trinajstić information content (AvgIpc) is 2.84. The molecule has 2 heterocycles. The van der Waals surface area contributed by atoms with Gasteiger partial charge in [-0.05, 0) is 6.07 Å². The summed E-state index contributed by atoms with van der Waals surface area (Å²) < 4.78 is 5.36. The zero-order chi connectivity index (χ0) is 12.8. The van der Waals surface area contributed by atoms with Crippen LogP contribution < -0.4 is 5.73 Å². The molecule has 1 fully saturated rings. The van der Waals surface area contributed by atoms with Gasteiger partial charge in [-0.1, -0.05) is 11.8 Å². The Bertz CT molecular complexity index is 436. The quantitative estimate of drug-likeness (QED) is 0.770. The largest absolute Gasteiger partial charge is 0.395 e. The number of aliphatic hydroxyl groups excluding tert-OH is 1. The second kappa shape index (κ2) is 6.88. The fraction of sp³-hybridized carbons (Fsp3) is 0.538. The van der Waals surface area contributed by atoms with Crippen LogP contribution in [0.1, 0.15) is 10.4 Å². The molecule has 0 bridgehead atoms. The molecule has 0 saturated carbocycles. The number of rotatable bonds is 3. The first-order valence-electron chi connectivity index (χ1n) is 6.02. The second-order valence-electron chi connectivity index (χ2n) is 4.19. The van der Waals surface area contributed by atoms with Crippen molar-refractivity contribution in [3.8, 4) is 11.8 Å². The maximum absolute atomic E-state index is 9.31. The molecule has 0 radical (unpaired) electrons. The summed E-state index contributed by atoms with van der Waals surface area (Å²) in [6.45, 7) is 3.60. The Hall–Kier alpha value is -0.900. The highest BCUT2D eigenvalue weighted by Gasteiger charge is 2.22. The van der Waals surface area contributed by atoms with Crippen LogP contribution in [0.3, 0.4) is 0 Å². The third-order valence-electron chi connectivity index (χ3n) is 2.91. The smallest absolute Gasteiger partial charge is 0.0645 e. The van der Waals surface area contributed by atoms with Crippen molar-refractivity contribution in [2.75, 3.05) is 32.9 Å². The van der Waals surface area contributed by atoms with E-state index >= 15 is 0 Å². The number of aliphatic hydroxyl groups is 1. The van der Waals surface area contributed by atoms with Gasteiger partial charge in [0.15, 0.2) is 0 Å². The van der Waals surface area contributed by atoms with Crippen molar-refractivity contribution in [2.45, 2.75) is 12.6 Å². The first-order valence-corrected chi connectivity index (χ1v) is 6.90. The molecule has 1 aromatic heterocycles. The number of hydrogen-bond donors (Lipinski definition) is 2. The van der Waals surface area contributed by atoms with Crippen LogP contribution in [0.4, 0.5) is 0 Å². The molecule has 1 aromatic rings. The summed E-state index contributed by atoms with van der Waals surface area (Å²) in [4.78, 5) is 3.52. The van der Waals surface area contributed by atoms with E-state index in [0.717, 1.165) is 25.3 Å². The Labute approximate surface area is 111 Å². The molecule has 5 heteroatoms. The molecule has 2 rings (SSSR count). The molecule has 3 N–H and O–H groups in total. The maximum Gasteiger partial charge on any atom is 0.0645 e. The predicted molar refractivity (Wildman–Crippen MR) is 72.4 cm³/mol. The number of hydrogen-bond acceptors (Lipinski definition) is 5. The van der Waals surface area contributed by atoms with Crippen molar-refractivity contribution in [3.05, 3.63) is 21.9 Å². The van der Waals surface area contributed by atoms with Gasteiger partial charge in [0.05, 0.1) is 32.4 Å². The minimum Gasteiger partial charge on any atom is -0.395 e. The van der Waals surface area contributed by atoms with Crippen LogP contribution in [0.15, 0.2) is 11.4 Å². The fourth-order valence-corrected chi connectivity index (χ4v) is 2.79. The molecule has 1 saturated heterocycles. The van der Waals surface area contributed by atoms with Crippen LogP contribution >= 0.6 is 11.3 Å². The van der Waals surface area contributed by atoms with Crippen LogP contribution in [0.25, 0.3) is 0 Å². The number of nitrogens with two attached hydrogens (primary N) is 1. The fourth-order valence-electron chi connectivity index (χ4n) is 1.95. The van der Waals surface area contributed by atoms with Gasteiger partial charge in [0.25, 0.3) is 0 Å². The molecular weight excluding hydrogens is 248 g/mol. The van der Waals surface area contributed by atoms with Crippen LogP contribution in [0.5, 0.6) is 0 Å². The van der Waals surface area contributed by atoms with Crippen molar-refractivity contribution in [1.82, 2.24) is 4.90 Å². The van der Waals surface area contributed by atoms with Gasteiger partial charge in [0, 0.05) is 28.9 Å². The topological polar surface area (TPSA) is 58.7 Å². The molecule has 0 amide bonds. The van der Waals surface area contributed by atoms with E-state index in [1.54, 1.807) is 11.3 Å². The molecule has 0 spiro atoms. The molecule has 1 atom stereocenters. The summed E-state index contributed by atoms with van der Waals surface area (Å²) >= 11 is 1.70. The van der Waals surface area contributed by atoms with Crippen molar-refractivity contribution in [2.24, 2.45) is 5.73 Å². The average molecular weight is 266 g/mol. The molecule has 1 unspecified atom stereocenters. The second-order valence-corrected chi connectivity index (χ2v) is 5.19. The van der Waals surface area contributed by atoms with E-state index in [0.29, 0.717) is 13.2 Å². The monoisotopic (exact) mass is 266 g/mol. The van der Waals surface area contributed by atoms with Gasteiger partial charge in [0.1, 0.15) is 0 Å². The molecule has 4 nitrogen and oxygen atoms in total. The van der Waals surface area contributed by atoms with E-state index in [1.165, 1.54) is 4.88 Å². The van der Waals surface area contributed by atoms with Gasteiger partial charge in [-0.3, -0.25) is 4.90 Å². The zero-order valence-electron chi connectivity index (χ0n) is 10.3. The zero-order valence-corrected chi connectivity index (χ0v) is 11.1. The van der Waals surface area contributed by atoms with Gasteiger partial charge in [0.2, 0.25) is 0 Å².